The van der Waals surface area contributed by atoms with Gasteiger partial charge in [0, 0.05) is 18.8 Å². The van der Waals surface area contributed by atoms with E-state index in [1.165, 1.54) is 14.2 Å². The van der Waals surface area contributed by atoms with E-state index in [0.717, 1.165) is 23.6 Å². The molecule has 2 rings (SSSR count). The van der Waals surface area contributed by atoms with Gasteiger partial charge in [-0.2, -0.15) is 0 Å². The lowest BCUT2D eigenvalue weighted by molar-refractivity contribution is -0.0772. The molecule has 0 fully saturated rings. The maximum Gasteiger partial charge on any atom is 0.312 e. The number of hydroxylamine groups is 2. The Morgan fingerprint density at radius 3 is 2.94 bits per heavy atom. The van der Waals surface area contributed by atoms with Gasteiger partial charge in [-0.3, -0.25) is 9.63 Å². The molecule has 0 N–H and O–H groups in total. The molecule has 0 aliphatic heterocycles. The van der Waals surface area contributed by atoms with Crippen molar-refractivity contribution in [1.82, 2.24) is 10.0 Å². The standard InChI is InChI=1S/C13H16N2O3/c1-4-5-9-6-7-11-10(14-9)8-12(18-11)13(16)15(2)17-3/h6-8H,4-5H2,1-3H3. The number of carbonyl (C=O) groups excluding carboxylic acids is 1. The van der Waals surface area contributed by atoms with Crippen molar-refractivity contribution in [3.8, 4) is 0 Å². The number of hydrogen-bond donors (Lipinski definition) is 0. The Hall–Kier alpha value is -1.88. The summed E-state index contributed by atoms with van der Waals surface area (Å²) in [5.74, 6) is -0.0944. The molecule has 5 heteroatoms. The van der Waals surface area contributed by atoms with E-state index < -0.39 is 0 Å². The molecule has 0 spiro atoms. The van der Waals surface area contributed by atoms with E-state index >= 15 is 0 Å². The maximum absolute atomic E-state index is 11.8. The van der Waals surface area contributed by atoms with E-state index in [0.29, 0.717) is 11.1 Å². The van der Waals surface area contributed by atoms with Crippen LogP contribution >= 0.6 is 0 Å². The number of amides is 1. The third-order valence-electron chi connectivity index (χ3n) is 2.71. The van der Waals surface area contributed by atoms with Crippen LogP contribution in [0.5, 0.6) is 0 Å². The van der Waals surface area contributed by atoms with E-state index in [-0.39, 0.29) is 11.7 Å². The molecule has 0 aliphatic rings. The number of rotatable bonds is 4. The first kappa shape index (κ1) is 12.6. The second kappa shape index (κ2) is 5.18. The first-order valence-electron chi connectivity index (χ1n) is 5.87. The van der Waals surface area contributed by atoms with Crippen molar-refractivity contribution in [3.63, 3.8) is 0 Å². The van der Waals surface area contributed by atoms with E-state index in [1.807, 2.05) is 12.1 Å². The average Bonchev–Trinajstić information content (AvgIpc) is 2.80. The van der Waals surface area contributed by atoms with Crippen LogP contribution in [0, 0.1) is 0 Å². The first-order chi connectivity index (χ1) is 8.65. The van der Waals surface area contributed by atoms with Crippen LogP contribution in [-0.2, 0) is 11.3 Å². The molecular formula is C13H16N2O3. The fourth-order valence-electron chi connectivity index (χ4n) is 1.71. The van der Waals surface area contributed by atoms with Crippen molar-refractivity contribution in [3.05, 3.63) is 29.7 Å². The largest absolute Gasteiger partial charge is 0.449 e. The van der Waals surface area contributed by atoms with Crippen molar-refractivity contribution < 1.29 is 14.0 Å². The van der Waals surface area contributed by atoms with E-state index in [4.69, 9.17) is 9.25 Å². The lowest BCUT2D eigenvalue weighted by Gasteiger charge is -2.10. The summed E-state index contributed by atoms with van der Waals surface area (Å²) in [6, 6.07) is 5.41. The fraction of sp³-hybridized carbons (Fsp3) is 0.385. The third-order valence-corrected chi connectivity index (χ3v) is 2.71. The second-order valence-electron chi connectivity index (χ2n) is 4.03. The van der Waals surface area contributed by atoms with Gasteiger partial charge in [0.2, 0.25) is 0 Å². The van der Waals surface area contributed by atoms with Gasteiger partial charge in [0.05, 0.1) is 7.11 Å². The molecule has 0 saturated carbocycles. The summed E-state index contributed by atoms with van der Waals surface area (Å²) in [4.78, 5) is 21.1. The molecule has 0 atom stereocenters. The molecule has 2 aromatic heterocycles. The van der Waals surface area contributed by atoms with Crippen LogP contribution in [0.15, 0.2) is 22.6 Å². The molecule has 2 heterocycles. The van der Waals surface area contributed by atoms with Gasteiger partial charge >= 0.3 is 5.91 Å². The van der Waals surface area contributed by atoms with Crippen LogP contribution in [0.4, 0.5) is 0 Å². The van der Waals surface area contributed by atoms with Gasteiger partial charge in [-0.25, -0.2) is 10.0 Å². The maximum atomic E-state index is 11.8. The van der Waals surface area contributed by atoms with E-state index in [9.17, 15) is 4.79 Å². The van der Waals surface area contributed by atoms with Gasteiger partial charge in [0.15, 0.2) is 11.3 Å². The van der Waals surface area contributed by atoms with Gasteiger partial charge in [0.25, 0.3) is 0 Å². The van der Waals surface area contributed by atoms with Crippen molar-refractivity contribution in [2.24, 2.45) is 0 Å². The zero-order valence-electron chi connectivity index (χ0n) is 10.8. The molecule has 0 bridgehead atoms. The molecule has 0 saturated heterocycles. The number of carbonyl (C=O) groups is 1. The lowest BCUT2D eigenvalue weighted by atomic mass is 10.2. The second-order valence-corrected chi connectivity index (χ2v) is 4.03. The molecule has 5 nitrogen and oxygen atoms in total. The van der Waals surface area contributed by atoms with Gasteiger partial charge in [-0.05, 0) is 18.6 Å². The third kappa shape index (κ3) is 2.36. The molecular weight excluding hydrogens is 232 g/mol. The Morgan fingerprint density at radius 1 is 1.50 bits per heavy atom. The number of hydrogen-bond acceptors (Lipinski definition) is 4. The van der Waals surface area contributed by atoms with Crippen LogP contribution in [0.25, 0.3) is 11.1 Å². The Morgan fingerprint density at radius 2 is 2.28 bits per heavy atom. The molecule has 0 aliphatic carbocycles. The topological polar surface area (TPSA) is 55.6 Å². The zero-order valence-corrected chi connectivity index (χ0v) is 10.8. The Bertz CT molecular complexity index is 562. The predicted octanol–water partition coefficient (Wildman–Crippen LogP) is 2.41. The summed E-state index contributed by atoms with van der Waals surface area (Å²) in [6.45, 7) is 2.10. The molecule has 0 unspecified atom stereocenters. The Balaban J connectivity index is 2.35. The smallest absolute Gasteiger partial charge is 0.312 e. The minimum absolute atomic E-state index is 0.232. The average molecular weight is 248 g/mol. The van der Waals surface area contributed by atoms with Crippen molar-refractivity contribution in [1.29, 1.82) is 0 Å². The summed E-state index contributed by atoms with van der Waals surface area (Å²) >= 11 is 0. The minimum Gasteiger partial charge on any atom is -0.449 e. The molecule has 96 valence electrons. The summed E-state index contributed by atoms with van der Waals surface area (Å²) in [7, 11) is 2.96. The predicted molar refractivity (Wildman–Crippen MR) is 67.1 cm³/mol. The van der Waals surface area contributed by atoms with E-state index in [2.05, 4.69) is 11.9 Å². The number of furan rings is 1. The minimum atomic E-state index is -0.326. The van der Waals surface area contributed by atoms with Crippen LogP contribution in [0.3, 0.4) is 0 Å². The normalized spacial score (nSPS) is 10.8. The molecule has 1 amide bonds. The van der Waals surface area contributed by atoms with Crippen LogP contribution in [0.2, 0.25) is 0 Å². The number of nitrogens with zero attached hydrogens (tertiary/aromatic N) is 2. The molecule has 18 heavy (non-hydrogen) atoms. The van der Waals surface area contributed by atoms with Gasteiger partial charge < -0.3 is 4.42 Å². The van der Waals surface area contributed by atoms with Gasteiger partial charge in [-0.1, -0.05) is 13.3 Å². The van der Waals surface area contributed by atoms with Crippen LogP contribution in [-0.4, -0.2) is 30.1 Å². The van der Waals surface area contributed by atoms with Crippen LogP contribution in [0.1, 0.15) is 29.6 Å². The highest BCUT2D eigenvalue weighted by molar-refractivity contribution is 5.94. The lowest BCUT2D eigenvalue weighted by Crippen LogP contribution is -2.24. The monoisotopic (exact) mass is 248 g/mol. The SMILES string of the molecule is CCCc1ccc2oc(C(=O)N(C)OC)cc2n1. The zero-order chi connectivity index (χ0) is 13.1. The number of aromatic nitrogens is 1. The summed E-state index contributed by atoms with van der Waals surface area (Å²) in [5.41, 5.74) is 2.32. The van der Waals surface area contributed by atoms with Crippen molar-refractivity contribution >= 4 is 17.0 Å². The highest BCUT2D eigenvalue weighted by atomic mass is 16.7. The highest BCUT2D eigenvalue weighted by Crippen LogP contribution is 2.19. The van der Waals surface area contributed by atoms with Crippen molar-refractivity contribution in [2.75, 3.05) is 14.2 Å². The summed E-state index contributed by atoms with van der Waals surface area (Å²) in [6.07, 6.45) is 1.96. The fourth-order valence-corrected chi connectivity index (χ4v) is 1.71. The molecule has 2 aromatic rings. The highest BCUT2D eigenvalue weighted by Gasteiger charge is 2.17. The number of pyridine rings is 1. The summed E-state index contributed by atoms with van der Waals surface area (Å²) in [5, 5.41) is 1.12. The van der Waals surface area contributed by atoms with Crippen molar-refractivity contribution in [2.45, 2.75) is 19.8 Å². The Labute approximate surface area is 105 Å². The van der Waals surface area contributed by atoms with E-state index in [1.54, 1.807) is 6.07 Å². The van der Waals surface area contributed by atoms with Crippen LogP contribution < -0.4 is 0 Å². The first-order valence-corrected chi connectivity index (χ1v) is 5.87. The molecule has 0 aromatic carbocycles. The number of aryl methyl sites for hydroxylation is 1. The van der Waals surface area contributed by atoms with Gasteiger partial charge in [-0.15, -0.1) is 0 Å². The Kier molecular flexibility index (Phi) is 3.62. The molecule has 0 radical (unpaired) electrons. The van der Waals surface area contributed by atoms with Gasteiger partial charge in [0.1, 0.15) is 5.52 Å². The summed E-state index contributed by atoms with van der Waals surface area (Å²) < 4.78 is 5.45. The number of fused-ring (bicyclic) bond motifs is 1. The quantitative estimate of drug-likeness (QED) is 0.780.